The first-order chi connectivity index (χ1) is 29.9. The Balaban J connectivity index is 1.21. The van der Waals surface area contributed by atoms with Gasteiger partial charge in [-0.15, -0.1) is 11.3 Å². The van der Waals surface area contributed by atoms with Gasteiger partial charge >= 0.3 is 0 Å². The van der Waals surface area contributed by atoms with E-state index in [9.17, 15) is 0 Å². The second-order valence-electron chi connectivity index (χ2n) is 17.9. The molecule has 0 bridgehead atoms. The maximum absolute atomic E-state index is 2.73. The lowest BCUT2D eigenvalue weighted by Crippen LogP contribution is -2.60. The molecule has 0 fully saturated rings. The summed E-state index contributed by atoms with van der Waals surface area (Å²) >= 11 is 3.91. The average molecular weight is 821 g/mol. The van der Waals surface area contributed by atoms with Crippen molar-refractivity contribution >= 4 is 105 Å². The van der Waals surface area contributed by atoms with Gasteiger partial charge in [0, 0.05) is 53.1 Å². The number of aromatic nitrogens is 1. The maximum atomic E-state index is 2.73. The predicted octanol–water partition coefficient (Wildman–Crippen LogP) is 14.2. The Hall–Kier alpha value is -6.01. The minimum Gasteiger partial charge on any atom is -0.310 e. The summed E-state index contributed by atoms with van der Waals surface area (Å²) < 4.78 is 5.20. The van der Waals surface area contributed by atoms with E-state index in [1.807, 2.05) is 23.1 Å². The van der Waals surface area contributed by atoms with Gasteiger partial charge in [0.1, 0.15) is 0 Å². The summed E-state index contributed by atoms with van der Waals surface area (Å²) in [6.45, 7) is 9.49. The van der Waals surface area contributed by atoms with Crippen LogP contribution in [0.3, 0.4) is 0 Å². The maximum Gasteiger partial charge on any atom is 0.249 e. The molecule has 10 aromatic rings. The van der Waals surface area contributed by atoms with E-state index in [0.29, 0.717) is 0 Å². The molecule has 0 saturated heterocycles. The summed E-state index contributed by atoms with van der Waals surface area (Å²) in [4.78, 5) is 5.44. The molecule has 0 N–H and O–H groups in total. The van der Waals surface area contributed by atoms with Crippen LogP contribution in [0.25, 0.3) is 58.8 Å². The van der Waals surface area contributed by atoms with E-state index < -0.39 is 0 Å². The molecule has 5 heteroatoms. The zero-order chi connectivity index (χ0) is 41.0. The quantitative estimate of drug-likeness (QED) is 0.154. The van der Waals surface area contributed by atoms with Crippen LogP contribution in [0.5, 0.6) is 0 Å². The highest BCUT2D eigenvalue weighted by Gasteiger charge is 2.43. The topological polar surface area (TPSA) is 8.17 Å². The van der Waals surface area contributed by atoms with E-state index in [-0.39, 0.29) is 12.1 Å². The molecule has 2 aromatic heterocycles. The molecule has 0 radical (unpaired) electrons. The Kier molecular flexibility index (Phi) is 8.46. The molecular formula is C56H45BN2S2. The van der Waals surface area contributed by atoms with E-state index in [0.717, 1.165) is 19.3 Å². The van der Waals surface area contributed by atoms with Gasteiger partial charge in [-0.3, -0.25) is 0 Å². The first-order valence-corrected chi connectivity index (χ1v) is 23.4. The van der Waals surface area contributed by atoms with Crippen LogP contribution >= 0.6 is 23.1 Å². The highest BCUT2D eigenvalue weighted by molar-refractivity contribution is 8.00. The lowest BCUT2D eigenvalue weighted by molar-refractivity contribution is 0.589. The number of rotatable bonds is 6. The van der Waals surface area contributed by atoms with Crippen LogP contribution in [0, 0.1) is 0 Å². The fourth-order valence-corrected chi connectivity index (χ4v) is 12.6. The van der Waals surface area contributed by atoms with Crippen LogP contribution in [0.2, 0.25) is 0 Å². The van der Waals surface area contributed by atoms with Crippen LogP contribution in [-0.4, -0.2) is 11.3 Å². The van der Waals surface area contributed by atoms with Crippen molar-refractivity contribution in [2.45, 2.75) is 62.2 Å². The second kappa shape index (κ2) is 14.0. The van der Waals surface area contributed by atoms with Gasteiger partial charge in [0.05, 0.1) is 21.4 Å². The van der Waals surface area contributed by atoms with Crippen molar-refractivity contribution < 1.29 is 0 Å². The minimum absolute atomic E-state index is 0.0511. The number of nitrogens with zero attached hydrogens (tertiary/aromatic N) is 2. The van der Waals surface area contributed by atoms with Gasteiger partial charge in [-0.2, -0.15) is 0 Å². The molecule has 0 spiro atoms. The fourth-order valence-electron chi connectivity index (χ4n) is 10.2. The van der Waals surface area contributed by atoms with Crippen molar-refractivity contribution in [3.8, 4) is 16.8 Å². The molecule has 12 rings (SSSR count). The van der Waals surface area contributed by atoms with E-state index in [4.69, 9.17) is 0 Å². The number of hydrogen-bond donors (Lipinski definition) is 0. The van der Waals surface area contributed by atoms with E-state index >= 15 is 0 Å². The summed E-state index contributed by atoms with van der Waals surface area (Å²) in [5.41, 5.74) is 17.0. The summed E-state index contributed by atoms with van der Waals surface area (Å²) in [6, 6.07) is 62.2. The molecule has 2 aliphatic heterocycles. The number of benzene rings is 8. The van der Waals surface area contributed by atoms with Gasteiger partial charge in [0.15, 0.2) is 0 Å². The molecule has 0 aliphatic carbocycles. The number of thiophene rings is 1. The van der Waals surface area contributed by atoms with Crippen LogP contribution in [0.15, 0.2) is 174 Å². The standard InChI is InChI=1S/C56H45BN2S2/c1-5-6-16-36-25-28-43-42-21-12-15-24-50(42)61-55(43)54(36)59-48-34-39(58-46-22-13-10-19-40(46)41-20-11-14-23-47(41)58)27-29-44(48)57-45-31-37(35-17-8-7-9-18-35)26-30-51(45)60-52-33-38(56(2,3)4)32-49(59)53(52)57/h7-15,17-34H,5-6,16H2,1-4H3. The lowest BCUT2D eigenvalue weighted by atomic mass is 9.34. The predicted molar refractivity (Wildman–Crippen MR) is 266 cm³/mol. The molecule has 0 amide bonds. The third kappa shape index (κ3) is 5.70. The third-order valence-corrected chi connectivity index (χ3v) is 15.5. The minimum atomic E-state index is -0.0511. The van der Waals surface area contributed by atoms with Crippen LogP contribution < -0.4 is 21.3 Å². The van der Waals surface area contributed by atoms with E-state index in [1.165, 1.54) is 113 Å². The van der Waals surface area contributed by atoms with Crippen molar-refractivity contribution in [3.05, 3.63) is 175 Å². The highest BCUT2D eigenvalue weighted by Crippen LogP contribution is 2.50. The molecule has 61 heavy (non-hydrogen) atoms. The largest absolute Gasteiger partial charge is 0.310 e. The summed E-state index contributed by atoms with van der Waals surface area (Å²) in [5.74, 6) is 0. The van der Waals surface area contributed by atoms with Gasteiger partial charge in [-0.05, 0) is 100.0 Å². The van der Waals surface area contributed by atoms with E-state index in [2.05, 4.69) is 201 Å². The molecule has 294 valence electrons. The van der Waals surface area contributed by atoms with Crippen molar-refractivity contribution in [2.75, 3.05) is 4.90 Å². The number of unbranched alkanes of at least 4 members (excludes halogenated alkanes) is 1. The van der Waals surface area contributed by atoms with Crippen LogP contribution in [-0.2, 0) is 11.8 Å². The average Bonchev–Trinajstić information content (AvgIpc) is 3.84. The smallest absolute Gasteiger partial charge is 0.249 e. The Morgan fingerprint density at radius 1 is 0.574 bits per heavy atom. The van der Waals surface area contributed by atoms with Gasteiger partial charge < -0.3 is 9.47 Å². The molecule has 0 atom stereocenters. The SMILES string of the molecule is CCCCc1ccc2c(sc3ccccc32)c1N1c2cc(-n3c4ccccc4c4ccccc43)ccc2B2c3cc(-c4ccccc4)ccc3Sc3cc(C(C)(C)C)cc1c32. The number of hydrogen-bond acceptors (Lipinski definition) is 3. The van der Waals surface area contributed by atoms with Crippen molar-refractivity contribution in [3.63, 3.8) is 0 Å². The van der Waals surface area contributed by atoms with Crippen LogP contribution in [0.1, 0.15) is 51.7 Å². The molecule has 2 aliphatic rings. The highest BCUT2D eigenvalue weighted by atomic mass is 32.2. The fraction of sp³-hybridized carbons (Fsp3) is 0.143. The number of aryl methyl sites for hydroxylation is 1. The second-order valence-corrected chi connectivity index (χ2v) is 20.0. The number of para-hydroxylation sites is 2. The lowest BCUT2D eigenvalue weighted by Gasteiger charge is -2.42. The van der Waals surface area contributed by atoms with E-state index in [1.54, 1.807) is 0 Å². The number of anilines is 3. The molecule has 2 nitrogen and oxygen atoms in total. The normalized spacial score (nSPS) is 13.3. The van der Waals surface area contributed by atoms with Crippen molar-refractivity contribution in [1.29, 1.82) is 0 Å². The molecule has 8 aromatic carbocycles. The molecule has 4 heterocycles. The summed E-state index contributed by atoms with van der Waals surface area (Å²) in [5, 5.41) is 5.23. The number of fused-ring (bicyclic) bond motifs is 10. The summed E-state index contributed by atoms with van der Waals surface area (Å²) in [6.07, 6.45) is 3.31. The van der Waals surface area contributed by atoms with Gasteiger partial charge in [-0.25, -0.2) is 0 Å². The molecular weight excluding hydrogens is 776 g/mol. The summed E-state index contributed by atoms with van der Waals surface area (Å²) in [7, 11) is 0. The third-order valence-electron chi connectivity index (χ3n) is 13.2. The Morgan fingerprint density at radius 2 is 1.30 bits per heavy atom. The monoisotopic (exact) mass is 820 g/mol. The van der Waals surface area contributed by atoms with Crippen molar-refractivity contribution in [1.82, 2.24) is 4.57 Å². The van der Waals surface area contributed by atoms with Crippen LogP contribution in [0.4, 0.5) is 17.1 Å². The van der Waals surface area contributed by atoms with Gasteiger partial charge in [0.25, 0.3) is 0 Å². The Bertz CT molecular complexity index is 3330. The zero-order valence-corrected chi connectivity index (χ0v) is 36.6. The van der Waals surface area contributed by atoms with Crippen molar-refractivity contribution in [2.24, 2.45) is 0 Å². The van der Waals surface area contributed by atoms with Gasteiger partial charge in [-0.1, -0.05) is 167 Å². The molecule has 0 saturated carbocycles. The first-order valence-electron chi connectivity index (χ1n) is 21.8. The Morgan fingerprint density at radius 3 is 2.05 bits per heavy atom. The molecule has 0 unspecified atom stereocenters. The van der Waals surface area contributed by atoms with Gasteiger partial charge in [0.2, 0.25) is 6.71 Å². The zero-order valence-electron chi connectivity index (χ0n) is 35.0. The first kappa shape index (κ1) is 36.8. The Labute approximate surface area is 366 Å².